The van der Waals surface area contributed by atoms with Crippen molar-refractivity contribution in [2.45, 2.75) is 31.7 Å². The van der Waals surface area contributed by atoms with Gasteiger partial charge in [-0.3, -0.25) is 9.78 Å². The summed E-state index contributed by atoms with van der Waals surface area (Å²) in [6.45, 7) is 4.08. The Bertz CT molecular complexity index is 372. The number of aromatic nitrogens is 1. The summed E-state index contributed by atoms with van der Waals surface area (Å²) in [5, 5.41) is 6.45. The summed E-state index contributed by atoms with van der Waals surface area (Å²) >= 11 is 0. The minimum atomic E-state index is -0.0463. The maximum Gasteiger partial charge on any atom is 0.224 e. The third-order valence-corrected chi connectivity index (χ3v) is 3.26. The molecule has 0 saturated carbocycles. The molecule has 1 aliphatic rings. The van der Waals surface area contributed by atoms with E-state index >= 15 is 0 Å². The number of amides is 1. The average Bonchev–Trinajstić information content (AvgIpc) is 2.30. The number of piperidine rings is 1. The zero-order valence-electron chi connectivity index (χ0n) is 10.2. The average molecular weight is 233 g/mol. The second-order valence-electron chi connectivity index (χ2n) is 4.89. The summed E-state index contributed by atoms with van der Waals surface area (Å²) in [6, 6.07) is 3.76. The van der Waals surface area contributed by atoms with E-state index in [1.807, 2.05) is 12.1 Å². The molecule has 0 bridgehead atoms. The van der Waals surface area contributed by atoms with Crippen LogP contribution in [0.25, 0.3) is 0 Å². The maximum atomic E-state index is 11.9. The van der Waals surface area contributed by atoms with Crippen LogP contribution in [0.15, 0.2) is 24.5 Å². The topological polar surface area (TPSA) is 54.0 Å². The number of pyridine rings is 1. The quantitative estimate of drug-likeness (QED) is 0.815. The fourth-order valence-corrected chi connectivity index (χ4v) is 2.17. The third-order valence-electron chi connectivity index (χ3n) is 3.26. The number of nitrogens with one attached hydrogen (secondary N) is 2. The Morgan fingerprint density at radius 3 is 2.71 bits per heavy atom. The highest BCUT2D eigenvalue weighted by molar-refractivity contribution is 5.79. The lowest BCUT2D eigenvalue weighted by molar-refractivity contribution is -0.122. The van der Waals surface area contributed by atoms with Crippen LogP contribution in [0.5, 0.6) is 0 Å². The van der Waals surface area contributed by atoms with Gasteiger partial charge >= 0.3 is 0 Å². The first-order valence-electron chi connectivity index (χ1n) is 6.09. The van der Waals surface area contributed by atoms with Gasteiger partial charge < -0.3 is 10.6 Å². The SMILES string of the molecule is CC1(NC(=O)Cc2ccncc2)CCNCC1. The summed E-state index contributed by atoms with van der Waals surface area (Å²) in [4.78, 5) is 15.9. The lowest BCUT2D eigenvalue weighted by atomic mass is 9.90. The van der Waals surface area contributed by atoms with Gasteiger partial charge in [0.2, 0.25) is 5.91 Å². The molecule has 1 aliphatic heterocycles. The van der Waals surface area contributed by atoms with Gasteiger partial charge in [-0.15, -0.1) is 0 Å². The Kier molecular flexibility index (Phi) is 3.74. The number of carbonyl (C=O) groups is 1. The van der Waals surface area contributed by atoms with E-state index in [-0.39, 0.29) is 11.4 Å². The number of rotatable bonds is 3. The van der Waals surface area contributed by atoms with Gasteiger partial charge in [0.1, 0.15) is 0 Å². The van der Waals surface area contributed by atoms with Crippen molar-refractivity contribution in [3.05, 3.63) is 30.1 Å². The summed E-state index contributed by atoms with van der Waals surface area (Å²) in [5.41, 5.74) is 0.963. The van der Waals surface area contributed by atoms with Crippen LogP contribution in [0, 0.1) is 0 Å². The molecule has 0 unspecified atom stereocenters. The van der Waals surface area contributed by atoms with Gasteiger partial charge in [0.05, 0.1) is 6.42 Å². The summed E-state index contributed by atoms with van der Waals surface area (Å²) in [5.74, 6) is 0.0978. The summed E-state index contributed by atoms with van der Waals surface area (Å²) < 4.78 is 0. The minimum absolute atomic E-state index is 0.0463. The number of nitrogens with zero attached hydrogens (tertiary/aromatic N) is 1. The number of hydrogen-bond donors (Lipinski definition) is 2. The van der Waals surface area contributed by atoms with Crippen LogP contribution in [-0.2, 0) is 11.2 Å². The van der Waals surface area contributed by atoms with E-state index in [1.54, 1.807) is 12.4 Å². The van der Waals surface area contributed by atoms with E-state index in [0.717, 1.165) is 31.5 Å². The fraction of sp³-hybridized carbons (Fsp3) is 0.538. The largest absolute Gasteiger partial charge is 0.351 e. The van der Waals surface area contributed by atoms with Gasteiger partial charge in [-0.25, -0.2) is 0 Å². The van der Waals surface area contributed by atoms with Crippen molar-refractivity contribution < 1.29 is 4.79 Å². The van der Waals surface area contributed by atoms with E-state index in [9.17, 15) is 4.79 Å². The van der Waals surface area contributed by atoms with Gasteiger partial charge in [0.15, 0.2) is 0 Å². The molecule has 17 heavy (non-hydrogen) atoms. The van der Waals surface area contributed by atoms with Crippen molar-refractivity contribution in [1.82, 2.24) is 15.6 Å². The Morgan fingerprint density at radius 1 is 1.41 bits per heavy atom. The molecule has 1 saturated heterocycles. The number of hydrogen-bond acceptors (Lipinski definition) is 3. The summed E-state index contributed by atoms with van der Waals surface area (Å²) in [6.07, 6.45) is 5.86. The number of carbonyl (C=O) groups excluding carboxylic acids is 1. The molecule has 4 nitrogen and oxygen atoms in total. The minimum Gasteiger partial charge on any atom is -0.351 e. The molecule has 4 heteroatoms. The predicted octanol–water partition coefficient (Wildman–Crippen LogP) is 0.882. The Hall–Kier alpha value is -1.42. The Labute approximate surface area is 102 Å². The van der Waals surface area contributed by atoms with E-state index in [1.165, 1.54) is 0 Å². The molecule has 0 aliphatic carbocycles. The van der Waals surface area contributed by atoms with Crippen molar-refractivity contribution in [3.8, 4) is 0 Å². The molecular formula is C13H19N3O. The van der Waals surface area contributed by atoms with Crippen LogP contribution in [0.2, 0.25) is 0 Å². The molecule has 0 aromatic carbocycles. The highest BCUT2D eigenvalue weighted by atomic mass is 16.1. The third kappa shape index (κ3) is 3.53. The molecule has 1 amide bonds. The molecule has 0 atom stereocenters. The monoisotopic (exact) mass is 233 g/mol. The Morgan fingerprint density at radius 2 is 2.06 bits per heavy atom. The normalized spacial score (nSPS) is 18.6. The van der Waals surface area contributed by atoms with Crippen LogP contribution >= 0.6 is 0 Å². The van der Waals surface area contributed by atoms with Crippen LogP contribution in [0.4, 0.5) is 0 Å². The van der Waals surface area contributed by atoms with Crippen molar-refractivity contribution in [2.24, 2.45) is 0 Å². The lowest BCUT2D eigenvalue weighted by Gasteiger charge is -2.35. The lowest BCUT2D eigenvalue weighted by Crippen LogP contribution is -2.52. The first kappa shape index (κ1) is 12.0. The summed E-state index contributed by atoms with van der Waals surface area (Å²) in [7, 11) is 0. The van der Waals surface area contributed by atoms with Crippen molar-refractivity contribution in [2.75, 3.05) is 13.1 Å². The first-order valence-corrected chi connectivity index (χ1v) is 6.09. The van der Waals surface area contributed by atoms with Gasteiger partial charge in [-0.1, -0.05) is 0 Å². The maximum absolute atomic E-state index is 11.9. The second kappa shape index (κ2) is 5.27. The zero-order chi connectivity index (χ0) is 12.1. The zero-order valence-corrected chi connectivity index (χ0v) is 10.2. The van der Waals surface area contributed by atoms with Crippen LogP contribution in [0.1, 0.15) is 25.3 Å². The van der Waals surface area contributed by atoms with Crippen LogP contribution in [0.3, 0.4) is 0 Å². The van der Waals surface area contributed by atoms with Gasteiger partial charge in [-0.2, -0.15) is 0 Å². The van der Waals surface area contributed by atoms with E-state index < -0.39 is 0 Å². The first-order chi connectivity index (χ1) is 8.18. The highest BCUT2D eigenvalue weighted by Crippen LogP contribution is 2.17. The molecule has 1 fully saturated rings. The molecular weight excluding hydrogens is 214 g/mol. The standard InChI is InChI=1S/C13H19N3O/c1-13(4-8-15-9-5-13)16-12(17)10-11-2-6-14-7-3-11/h2-3,6-7,15H,4-5,8-10H2,1H3,(H,16,17). The smallest absolute Gasteiger partial charge is 0.224 e. The molecule has 2 N–H and O–H groups in total. The van der Waals surface area contributed by atoms with Gasteiger partial charge in [0.25, 0.3) is 0 Å². The fourth-order valence-electron chi connectivity index (χ4n) is 2.17. The molecule has 0 spiro atoms. The van der Waals surface area contributed by atoms with Crippen molar-refractivity contribution >= 4 is 5.91 Å². The van der Waals surface area contributed by atoms with E-state index in [2.05, 4.69) is 22.5 Å². The van der Waals surface area contributed by atoms with Crippen LogP contribution in [-0.4, -0.2) is 29.5 Å². The molecule has 2 heterocycles. The highest BCUT2D eigenvalue weighted by Gasteiger charge is 2.27. The molecule has 0 radical (unpaired) electrons. The predicted molar refractivity (Wildman–Crippen MR) is 66.6 cm³/mol. The van der Waals surface area contributed by atoms with Crippen LogP contribution < -0.4 is 10.6 Å². The molecule has 92 valence electrons. The van der Waals surface area contributed by atoms with E-state index in [4.69, 9.17) is 0 Å². The molecule has 2 rings (SSSR count). The Balaban J connectivity index is 1.88. The van der Waals surface area contributed by atoms with Gasteiger partial charge in [-0.05, 0) is 50.6 Å². The van der Waals surface area contributed by atoms with E-state index in [0.29, 0.717) is 6.42 Å². The second-order valence-corrected chi connectivity index (χ2v) is 4.89. The molecule has 1 aromatic rings. The van der Waals surface area contributed by atoms with Crippen molar-refractivity contribution in [1.29, 1.82) is 0 Å². The van der Waals surface area contributed by atoms with Crippen molar-refractivity contribution in [3.63, 3.8) is 0 Å². The van der Waals surface area contributed by atoms with Gasteiger partial charge in [0, 0.05) is 17.9 Å². The molecule has 1 aromatic heterocycles.